The van der Waals surface area contributed by atoms with E-state index in [0.29, 0.717) is 45.6 Å². The number of β-amino-alcohol motifs (C(OH)–C–C–N with tert-alkyl or cyclic N) is 1. The number of allylic oxidation sites excluding steroid dienone is 1. The molecule has 4 N–H and O–H groups in total. The van der Waals surface area contributed by atoms with E-state index in [9.17, 15) is 34.8 Å². The van der Waals surface area contributed by atoms with E-state index in [0.717, 1.165) is 52.5 Å². The molecule has 0 aromatic heterocycles. The molecule has 14 nitrogen and oxygen atoms in total. The van der Waals surface area contributed by atoms with E-state index in [1.54, 1.807) is 0 Å². The Morgan fingerprint density at radius 3 is 1.69 bits per heavy atom. The highest BCUT2D eigenvalue weighted by atomic mass is 16.5. The van der Waals surface area contributed by atoms with Crippen LogP contribution < -0.4 is 4.74 Å². The van der Waals surface area contributed by atoms with Gasteiger partial charge in [-0.15, -0.1) is 0 Å². The molecule has 1 aliphatic heterocycles. The van der Waals surface area contributed by atoms with Gasteiger partial charge in [-0.3, -0.25) is 4.90 Å². The number of aliphatic hydroxyl groups is 1. The summed E-state index contributed by atoms with van der Waals surface area (Å²) in [6.07, 6.45) is -2.17. The zero-order chi connectivity index (χ0) is 42.4. The molecule has 3 aromatic carbocycles. The smallest absolute Gasteiger partial charge is 0.407 e. The number of likely N-dealkylation sites (N-methyl/N-ethyl adjacent to an activating group) is 1. The number of ether oxygens (including phenoxy) is 2. The Bertz CT molecular complexity index is 1720. The highest BCUT2D eigenvalue weighted by Gasteiger charge is 2.22. The predicted molar refractivity (Wildman–Crippen MR) is 229 cm³/mol. The van der Waals surface area contributed by atoms with Gasteiger partial charge in [0, 0.05) is 72.1 Å². The van der Waals surface area contributed by atoms with E-state index in [-0.39, 0.29) is 58.8 Å². The Kier molecular flexibility index (Phi) is 20.0. The molecule has 3 amide bonds. The topological polar surface area (TPSA) is 167 Å². The van der Waals surface area contributed by atoms with Crippen molar-refractivity contribution in [2.24, 2.45) is 0 Å². The summed E-state index contributed by atoms with van der Waals surface area (Å²) in [4.78, 5) is 43.5. The molecule has 0 bridgehead atoms. The molecule has 14 heteroatoms. The van der Waals surface area contributed by atoms with Gasteiger partial charge in [0.25, 0.3) is 0 Å². The van der Waals surface area contributed by atoms with Crippen LogP contribution >= 0.6 is 0 Å². The van der Waals surface area contributed by atoms with Crippen LogP contribution in [0.3, 0.4) is 0 Å². The lowest BCUT2D eigenvalue weighted by molar-refractivity contribution is 0.0141. The number of rotatable bonds is 17. The van der Waals surface area contributed by atoms with Crippen molar-refractivity contribution < 1.29 is 44.3 Å². The zero-order valence-corrected chi connectivity index (χ0v) is 34.7. The molecule has 1 unspecified atom stereocenters. The second kappa shape index (κ2) is 25.4. The van der Waals surface area contributed by atoms with Crippen molar-refractivity contribution in [1.29, 1.82) is 0 Å². The molecule has 59 heavy (non-hydrogen) atoms. The van der Waals surface area contributed by atoms with Crippen molar-refractivity contribution in [3.8, 4) is 5.75 Å². The SMILES string of the molecule is CCN(CC)CCOc1ccc(C(=C(CCCOCC(O)CN2CCCN(C(=O)O)CCN(C(=O)O)CCCN(C(=O)O)CC2)c2ccccc2)c2ccccc2)cc1. The minimum absolute atomic E-state index is 0.00738. The summed E-state index contributed by atoms with van der Waals surface area (Å²) >= 11 is 0. The molecular weight excluding hydrogens is 755 g/mol. The Balaban J connectivity index is 1.41. The number of amides is 3. The van der Waals surface area contributed by atoms with Gasteiger partial charge in [0.05, 0.1) is 12.7 Å². The van der Waals surface area contributed by atoms with Gasteiger partial charge < -0.3 is 49.5 Å². The first-order chi connectivity index (χ1) is 28.6. The van der Waals surface area contributed by atoms with Gasteiger partial charge in [0.15, 0.2) is 0 Å². The predicted octanol–water partition coefficient (Wildman–Crippen LogP) is 6.56. The summed E-state index contributed by atoms with van der Waals surface area (Å²) in [5, 5.41) is 40.2. The van der Waals surface area contributed by atoms with Crippen molar-refractivity contribution in [2.45, 2.75) is 45.6 Å². The lowest BCUT2D eigenvalue weighted by Crippen LogP contribution is -2.45. The van der Waals surface area contributed by atoms with Crippen LogP contribution in [0.15, 0.2) is 84.9 Å². The molecule has 1 heterocycles. The van der Waals surface area contributed by atoms with E-state index in [1.165, 1.54) is 15.4 Å². The molecule has 1 saturated heterocycles. The molecule has 1 fully saturated rings. The Morgan fingerprint density at radius 1 is 0.644 bits per heavy atom. The summed E-state index contributed by atoms with van der Waals surface area (Å²) in [7, 11) is 0. The van der Waals surface area contributed by atoms with Crippen LogP contribution in [0.5, 0.6) is 5.75 Å². The minimum Gasteiger partial charge on any atom is -0.492 e. The first-order valence-electron chi connectivity index (χ1n) is 20.8. The van der Waals surface area contributed by atoms with Gasteiger partial charge in [-0.2, -0.15) is 0 Å². The maximum absolute atomic E-state index is 12.0. The molecule has 1 aliphatic rings. The van der Waals surface area contributed by atoms with Crippen molar-refractivity contribution in [3.05, 3.63) is 102 Å². The van der Waals surface area contributed by atoms with Crippen LogP contribution in [0.4, 0.5) is 14.4 Å². The highest BCUT2D eigenvalue weighted by Crippen LogP contribution is 2.36. The fourth-order valence-electron chi connectivity index (χ4n) is 7.29. The van der Waals surface area contributed by atoms with E-state index in [1.807, 2.05) is 53.4 Å². The third-order valence-corrected chi connectivity index (χ3v) is 10.6. The third kappa shape index (κ3) is 15.9. The normalized spacial score (nSPS) is 16.0. The van der Waals surface area contributed by atoms with Gasteiger partial charge in [0.1, 0.15) is 12.4 Å². The van der Waals surface area contributed by atoms with E-state index < -0.39 is 24.4 Å². The average Bonchev–Trinajstić information content (AvgIpc) is 3.23. The van der Waals surface area contributed by atoms with E-state index in [4.69, 9.17) is 9.47 Å². The summed E-state index contributed by atoms with van der Waals surface area (Å²) in [5.41, 5.74) is 5.60. The van der Waals surface area contributed by atoms with Crippen LogP contribution in [0.1, 0.15) is 56.2 Å². The van der Waals surface area contributed by atoms with Crippen LogP contribution in [0.2, 0.25) is 0 Å². The lowest BCUT2D eigenvalue weighted by atomic mass is 9.87. The monoisotopic (exact) mass is 817 g/mol. The Labute approximate surface area is 348 Å². The lowest BCUT2D eigenvalue weighted by Gasteiger charge is -2.30. The van der Waals surface area contributed by atoms with Crippen LogP contribution in [0, 0.1) is 0 Å². The zero-order valence-electron chi connectivity index (χ0n) is 34.7. The van der Waals surface area contributed by atoms with Crippen molar-refractivity contribution >= 4 is 29.4 Å². The van der Waals surface area contributed by atoms with Gasteiger partial charge in [-0.05, 0) is 78.7 Å². The largest absolute Gasteiger partial charge is 0.492 e. The molecule has 0 aliphatic carbocycles. The van der Waals surface area contributed by atoms with Crippen molar-refractivity contribution in [1.82, 2.24) is 24.5 Å². The van der Waals surface area contributed by atoms with Gasteiger partial charge >= 0.3 is 18.3 Å². The van der Waals surface area contributed by atoms with Crippen molar-refractivity contribution in [3.63, 3.8) is 0 Å². The number of benzene rings is 3. The summed E-state index contributed by atoms with van der Waals surface area (Å²) in [6.45, 7) is 9.75. The number of aliphatic hydroxyl groups excluding tert-OH is 1. The first-order valence-corrected chi connectivity index (χ1v) is 20.8. The fourth-order valence-corrected chi connectivity index (χ4v) is 7.29. The first kappa shape index (κ1) is 46.5. The number of hydrogen-bond acceptors (Lipinski definition) is 8. The maximum Gasteiger partial charge on any atom is 0.407 e. The van der Waals surface area contributed by atoms with Crippen LogP contribution in [-0.2, 0) is 4.74 Å². The van der Waals surface area contributed by atoms with Gasteiger partial charge in [0.2, 0.25) is 0 Å². The number of nitrogens with zero attached hydrogens (tertiary/aromatic N) is 5. The van der Waals surface area contributed by atoms with Crippen LogP contribution in [-0.4, -0.2) is 168 Å². The molecule has 322 valence electrons. The maximum atomic E-state index is 12.0. The third-order valence-electron chi connectivity index (χ3n) is 10.6. The molecule has 0 spiro atoms. The van der Waals surface area contributed by atoms with E-state index >= 15 is 0 Å². The summed E-state index contributed by atoms with van der Waals surface area (Å²) in [5.74, 6) is 0.829. The summed E-state index contributed by atoms with van der Waals surface area (Å²) in [6, 6.07) is 29.0. The standard InChI is InChI=1S/C45H63N5O9/c1-3-46(4-2)31-33-59-40-21-19-38(20-22-40)42(37-16-9-6-10-17-37)41(36-14-7-5-8-15-36)18-11-32-58-35-39(51)34-47-23-12-24-49(44(54)55)29-30-50(45(56)57)26-13-25-48(28-27-47)43(52)53/h5-10,14-17,19-22,39,51H,3-4,11-13,18,23-35H2,1-2H3,(H,52,53)(H,54,55)(H,56,57). The minimum atomic E-state index is -1.18. The van der Waals surface area contributed by atoms with Crippen LogP contribution in [0.25, 0.3) is 11.1 Å². The molecule has 1 atom stereocenters. The molecule has 0 saturated carbocycles. The number of carboxylic acid groups (broad SMARTS) is 3. The number of carbonyl (C=O) groups is 3. The Hall–Kier alpha value is -5.15. The van der Waals surface area contributed by atoms with Crippen molar-refractivity contribution in [2.75, 3.05) is 98.4 Å². The van der Waals surface area contributed by atoms with E-state index in [2.05, 4.69) is 55.1 Å². The quantitative estimate of drug-likeness (QED) is 0.0861. The average molecular weight is 818 g/mol. The number of hydrogen-bond donors (Lipinski definition) is 4. The summed E-state index contributed by atoms with van der Waals surface area (Å²) < 4.78 is 12.1. The molecule has 0 radical (unpaired) electrons. The fraction of sp³-hybridized carbons (Fsp3) is 0.489. The second-order valence-corrected chi connectivity index (χ2v) is 14.6. The van der Waals surface area contributed by atoms with Gasteiger partial charge in [-0.1, -0.05) is 86.6 Å². The second-order valence-electron chi connectivity index (χ2n) is 14.6. The molecular formula is C45H63N5O9. The Morgan fingerprint density at radius 2 is 1.15 bits per heavy atom. The molecule has 3 aromatic rings. The highest BCUT2D eigenvalue weighted by molar-refractivity contribution is 5.98. The molecule has 4 rings (SSSR count). The van der Waals surface area contributed by atoms with Gasteiger partial charge in [-0.25, -0.2) is 14.4 Å².